The number of aliphatic hydroxyl groups excluding tert-OH is 3. The van der Waals surface area contributed by atoms with Crippen LogP contribution in [0.2, 0.25) is 0 Å². The van der Waals surface area contributed by atoms with Crippen molar-refractivity contribution in [2.24, 2.45) is 0 Å². The van der Waals surface area contributed by atoms with Crippen molar-refractivity contribution in [1.82, 2.24) is 0 Å². The minimum Gasteiger partial charge on any atom is -0.462 e. The fourth-order valence-corrected chi connectivity index (χ4v) is 5.49. The van der Waals surface area contributed by atoms with Crippen molar-refractivity contribution >= 4 is 19.8 Å². The molecule has 5 atom stereocenters. The molecular weight excluding hydrogens is 725 g/mol. The van der Waals surface area contributed by atoms with Crippen molar-refractivity contribution in [3.63, 3.8) is 0 Å². The fourth-order valence-electron chi connectivity index (χ4n) is 4.75. The Hall–Kier alpha value is -2.67. The Labute approximate surface area is 331 Å². The molecule has 0 saturated carbocycles. The predicted octanol–water partition coefficient (Wildman–Crippen LogP) is 7.59. The number of likely N-dealkylation sites (N-methyl/N-ethyl adjacent to an activating group) is 1. The number of phosphoric ester groups is 1. The SMILES string of the molecule is CC/C=C\C[C@@H](O)/C=C/C=C/C=C\C=C/[C@H](O)[C@@H](O)CCCC(=O)OC[C@H](COP(=O)(O)OCC[N+](C)(C)C)OC(=O)CCCCCCC/C=C\CCCC. The van der Waals surface area contributed by atoms with Gasteiger partial charge >= 0.3 is 19.8 Å². The summed E-state index contributed by atoms with van der Waals surface area (Å²) in [4.78, 5) is 35.2. The van der Waals surface area contributed by atoms with Gasteiger partial charge in [0.1, 0.15) is 19.8 Å². The van der Waals surface area contributed by atoms with E-state index in [0.29, 0.717) is 23.9 Å². The summed E-state index contributed by atoms with van der Waals surface area (Å²) in [5.74, 6) is -1.15. The van der Waals surface area contributed by atoms with E-state index in [2.05, 4.69) is 19.1 Å². The van der Waals surface area contributed by atoms with Crippen LogP contribution in [-0.4, -0.2) is 109 Å². The molecule has 0 amide bonds. The maximum Gasteiger partial charge on any atom is 0.472 e. The zero-order chi connectivity index (χ0) is 41.2. The van der Waals surface area contributed by atoms with Crippen LogP contribution in [0.4, 0.5) is 0 Å². The summed E-state index contributed by atoms with van der Waals surface area (Å²) in [5.41, 5.74) is 0. The Morgan fingerprint density at radius 1 is 0.709 bits per heavy atom. The molecule has 13 heteroatoms. The molecule has 0 heterocycles. The Kier molecular flexibility index (Phi) is 31.8. The van der Waals surface area contributed by atoms with Crippen molar-refractivity contribution < 1.29 is 57.4 Å². The number of allylic oxidation sites excluding steroid dienone is 9. The van der Waals surface area contributed by atoms with Gasteiger partial charge in [-0.15, -0.1) is 0 Å². The number of aliphatic hydroxyl groups is 3. The van der Waals surface area contributed by atoms with E-state index in [1.54, 1.807) is 42.5 Å². The smallest absolute Gasteiger partial charge is 0.462 e. The lowest BCUT2D eigenvalue weighted by molar-refractivity contribution is -0.870. The number of hydrogen-bond donors (Lipinski definition) is 4. The molecule has 0 radical (unpaired) electrons. The molecule has 55 heavy (non-hydrogen) atoms. The number of carbonyl (C=O) groups is 2. The Bertz CT molecular complexity index is 1220. The average Bonchev–Trinajstić information content (AvgIpc) is 3.12. The van der Waals surface area contributed by atoms with Crippen LogP contribution in [-0.2, 0) is 32.7 Å². The van der Waals surface area contributed by atoms with Crippen molar-refractivity contribution in [3.8, 4) is 0 Å². The van der Waals surface area contributed by atoms with Gasteiger partial charge < -0.3 is 34.2 Å². The molecule has 0 aliphatic heterocycles. The number of rotatable bonds is 34. The lowest BCUT2D eigenvalue weighted by Gasteiger charge is -2.24. The van der Waals surface area contributed by atoms with Crippen LogP contribution >= 0.6 is 7.82 Å². The maximum absolute atomic E-state index is 12.6. The number of quaternary nitrogens is 1. The summed E-state index contributed by atoms with van der Waals surface area (Å²) in [5, 5.41) is 30.4. The standard InChI is InChI=1S/C42H72NO11P/c1-6-8-10-11-12-13-14-15-16-21-25-31-42(48)54-38(36-53-55(49,50)52-34-33-43(3,4)5)35-51-41(47)32-26-30-40(46)39(45)29-24-20-18-17-19-23-28-37(44)27-22-9-7-2/h9,11-12,17-20,22-24,28-29,37-40,44-46H,6-8,10,13-16,21,25-27,30-36H2,1-5H3/p+1/b12-11-,19-17+,20-18-,22-9-,28-23+,29-24-/t37-,38-,39+,40+/m1/s1. The first-order valence-corrected chi connectivity index (χ1v) is 21.5. The Morgan fingerprint density at radius 2 is 1.33 bits per heavy atom. The van der Waals surface area contributed by atoms with E-state index in [1.165, 1.54) is 18.9 Å². The van der Waals surface area contributed by atoms with Gasteiger partial charge in [0, 0.05) is 12.8 Å². The number of phosphoric acid groups is 1. The summed E-state index contributed by atoms with van der Waals surface area (Å²) in [6.45, 7) is 3.74. The van der Waals surface area contributed by atoms with Crippen molar-refractivity contribution in [1.29, 1.82) is 0 Å². The Balaban J connectivity index is 4.77. The van der Waals surface area contributed by atoms with Crippen LogP contribution in [0.15, 0.2) is 72.9 Å². The quantitative estimate of drug-likeness (QED) is 0.0126. The fraction of sp³-hybridized carbons (Fsp3) is 0.667. The second-order valence-corrected chi connectivity index (χ2v) is 16.0. The third kappa shape index (κ3) is 35.5. The number of nitrogens with zero attached hydrogens (tertiary/aromatic N) is 1. The van der Waals surface area contributed by atoms with E-state index < -0.39 is 57.4 Å². The van der Waals surface area contributed by atoms with Gasteiger partial charge in [-0.3, -0.25) is 18.6 Å². The second kappa shape index (κ2) is 33.5. The first-order valence-electron chi connectivity index (χ1n) is 20.0. The monoisotopic (exact) mass is 798 g/mol. The molecular formula is C42H73NO11P+. The zero-order valence-corrected chi connectivity index (χ0v) is 35.1. The van der Waals surface area contributed by atoms with Crippen LogP contribution in [0.5, 0.6) is 0 Å². The highest BCUT2D eigenvalue weighted by Gasteiger charge is 2.27. The summed E-state index contributed by atoms with van der Waals surface area (Å²) >= 11 is 0. The zero-order valence-electron chi connectivity index (χ0n) is 34.2. The number of hydrogen-bond acceptors (Lipinski definition) is 10. The van der Waals surface area contributed by atoms with Gasteiger partial charge in [-0.2, -0.15) is 0 Å². The van der Waals surface area contributed by atoms with Crippen LogP contribution < -0.4 is 0 Å². The topological polar surface area (TPSA) is 169 Å². The van der Waals surface area contributed by atoms with Gasteiger partial charge in [-0.25, -0.2) is 4.57 Å². The normalized spacial score (nSPS) is 16.2. The third-order valence-electron chi connectivity index (χ3n) is 8.06. The number of carbonyl (C=O) groups excluding carboxylic acids is 2. The summed E-state index contributed by atoms with van der Waals surface area (Å²) < 4.78 is 33.9. The summed E-state index contributed by atoms with van der Waals surface area (Å²) in [6, 6.07) is 0. The highest BCUT2D eigenvalue weighted by Crippen LogP contribution is 2.43. The van der Waals surface area contributed by atoms with E-state index in [0.717, 1.165) is 44.9 Å². The van der Waals surface area contributed by atoms with Crippen molar-refractivity contribution in [2.45, 2.75) is 135 Å². The van der Waals surface area contributed by atoms with Crippen LogP contribution in [0.1, 0.15) is 110 Å². The van der Waals surface area contributed by atoms with E-state index in [1.807, 2.05) is 40.2 Å². The van der Waals surface area contributed by atoms with Gasteiger partial charge in [0.05, 0.1) is 46.1 Å². The third-order valence-corrected chi connectivity index (χ3v) is 9.05. The second-order valence-electron chi connectivity index (χ2n) is 14.5. The van der Waals surface area contributed by atoms with Crippen LogP contribution in [0.3, 0.4) is 0 Å². The van der Waals surface area contributed by atoms with E-state index in [9.17, 15) is 34.4 Å². The first kappa shape index (κ1) is 52.3. The number of unbranched alkanes of at least 4 members (excludes halogenated alkanes) is 7. The highest BCUT2D eigenvalue weighted by molar-refractivity contribution is 7.47. The molecule has 316 valence electrons. The average molecular weight is 799 g/mol. The molecule has 1 unspecified atom stereocenters. The molecule has 0 aliphatic rings. The molecule has 0 rings (SSSR count). The van der Waals surface area contributed by atoms with Gasteiger partial charge in [-0.1, -0.05) is 119 Å². The lowest BCUT2D eigenvalue weighted by atomic mass is 10.1. The Morgan fingerprint density at radius 3 is 2.00 bits per heavy atom. The maximum atomic E-state index is 12.6. The van der Waals surface area contributed by atoms with E-state index >= 15 is 0 Å². The minimum absolute atomic E-state index is 0.0295. The highest BCUT2D eigenvalue weighted by atomic mass is 31.2. The van der Waals surface area contributed by atoms with E-state index in [4.69, 9.17) is 18.5 Å². The molecule has 0 aromatic carbocycles. The van der Waals surface area contributed by atoms with Crippen molar-refractivity contribution in [3.05, 3.63) is 72.9 Å². The molecule has 0 aromatic heterocycles. The predicted molar refractivity (Wildman–Crippen MR) is 219 cm³/mol. The van der Waals surface area contributed by atoms with Gasteiger partial charge in [0.2, 0.25) is 0 Å². The number of ether oxygens (including phenoxy) is 2. The summed E-state index contributed by atoms with van der Waals surface area (Å²) in [6.07, 6.45) is 29.1. The molecule has 0 bridgehead atoms. The molecule has 4 N–H and O–H groups in total. The number of esters is 2. The summed E-state index contributed by atoms with van der Waals surface area (Å²) in [7, 11) is 1.27. The molecule has 0 spiro atoms. The lowest BCUT2D eigenvalue weighted by Crippen LogP contribution is -2.37. The van der Waals surface area contributed by atoms with Crippen molar-refractivity contribution in [2.75, 3.05) is 47.5 Å². The molecule has 0 aliphatic carbocycles. The van der Waals surface area contributed by atoms with Gasteiger partial charge in [0.25, 0.3) is 0 Å². The van der Waals surface area contributed by atoms with Gasteiger partial charge in [0.15, 0.2) is 6.10 Å². The minimum atomic E-state index is -4.46. The molecule has 12 nitrogen and oxygen atoms in total. The molecule has 0 fully saturated rings. The molecule has 0 saturated heterocycles. The van der Waals surface area contributed by atoms with E-state index in [-0.39, 0.29) is 32.3 Å². The van der Waals surface area contributed by atoms with Gasteiger partial charge in [-0.05, 0) is 51.4 Å². The largest absolute Gasteiger partial charge is 0.472 e. The first-order chi connectivity index (χ1) is 26.2. The van der Waals surface area contributed by atoms with Crippen LogP contribution in [0.25, 0.3) is 0 Å². The molecule has 0 aromatic rings. The van der Waals surface area contributed by atoms with Crippen LogP contribution in [0, 0.1) is 0 Å².